The number of imidazole rings is 2. The SMILES string of the molecule is CC(=O)NC(C(=O)N1CCCC1)c1ccccc1.COC(=O)NC(C(=O)N1CCCC1)c1ccccc1.c1ncc(-c2cc3sc(-c4cnc(-c5cnc[nH]5)s4)cc3s2)[nH]1. The Morgan fingerprint density at radius 2 is 1.15 bits per heavy atom. The molecule has 4 amide bonds. The zero-order chi connectivity index (χ0) is 41.8. The van der Waals surface area contributed by atoms with E-state index in [1.54, 1.807) is 57.8 Å². The predicted molar refractivity (Wildman–Crippen MR) is 235 cm³/mol. The Hall–Kier alpha value is -6.17. The van der Waals surface area contributed by atoms with E-state index in [0.717, 1.165) is 79.4 Å². The largest absolute Gasteiger partial charge is 0.453 e. The van der Waals surface area contributed by atoms with Crippen molar-refractivity contribution < 1.29 is 23.9 Å². The second-order valence-electron chi connectivity index (χ2n) is 14.0. The summed E-state index contributed by atoms with van der Waals surface area (Å²) >= 11 is 5.26. The molecular weight excluding hydrogens is 819 g/mol. The summed E-state index contributed by atoms with van der Waals surface area (Å²) in [4.78, 5) is 73.7. The third-order valence-corrected chi connectivity index (χ3v) is 13.4. The van der Waals surface area contributed by atoms with Gasteiger partial charge in [0.15, 0.2) is 0 Å². The van der Waals surface area contributed by atoms with Crippen molar-refractivity contribution >= 4 is 67.2 Å². The van der Waals surface area contributed by atoms with Gasteiger partial charge in [0.25, 0.3) is 0 Å². The van der Waals surface area contributed by atoms with Crippen molar-refractivity contribution in [2.75, 3.05) is 33.3 Å². The number of methoxy groups -OCH3 is 1. The molecule has 0 bridgehead atoms. The number of amides is 4. The van der Waals surface area contributed by atoms with E-state index in [4.69, 9.17) is 0 Å². The molecule has 2 fully saturated rings. The number of aromatic amines is 2. The van der Waals surface area contributed by atoms with E-state index in [9.17, 15) is 19.2 Å². The van der Waals surface area contributed by atoms with E-state index in [2.05, 4.69) is 52.4 Å². The number of aromatic nitrogens is 5. The molecular formula is C43H45N9O5S3. The average molecular weight is 864 g/mol. The van der Waals surface area contributed by atoms with E-state index in [1.807, 2.05) is 78.0 Å². The van der Waals surface area contributed by atoms with Crippen molar-refractivity contribution in [3.63, 3.8) is 0 Å². The van der Waals surface area contributed by atoms with Gasteiger partial charge in [-0.25, -0.2) is 19.7 Å². The molecule has 2 atom stereocenters. The van der Waals surface area contributed by atoms with E-state index in [-0.39, 0.29) is 17.7 Å². The number of ether oxygens (including phenoxy) is 1. The normalized spacial score (nSPS) is 14.4. The number of rotatable bonds is 9. The molecule has 2 aliphatic heterocycles. The van der Waals surface area contributed by atoms with Crippen molar-refractivity contribution in [2.45, 2.75) is 44.7 Å². The average Bonchev–Trinajstić information content (AvgIpc) is 4.11. The summed E-state index contributed by atoms with van der Waals surface area (Å²) < 4.78 is 7.19. The molecule has 0 aliphatic carbocycles. The molecule has 310 valence electrons. The van der Waals surface area contributed by atoms with Gasteiger partial charge in [0.1, 0.15) is 17.1 Å². The molecule has 17 heteroatoms. The van der Waals surface area contributed by atoms with Gasteiger partial charge in [-0.3, -0.25) is 14.4 Å². The number of carbonyl (C=O) groups excluding carboxylic acids is 4. The molecule has 7 heterocycles. The molecule has 2 aromatic carbocycles. The molecule has 0 saturated carbocycles. The lowest BCUT2D eigenvalue weighted by Gasteiger charge is -2.23. The quantitative estimate of drug-likeness (QED) is 0.113. The number of hydrogen-bond acceptors (Lipinski definition) is 11. The molecule has 9 rings (SSSR count). The van der Waals surface area contributed by atoms with Crippen LogP contribution in [0.15, 0.2) is 104 Å². The van der Waals surface area contributed by atoms with Gasteiger partial charge >= 0.3 is 6.09 Å². The number of alkyl carbamates (subject to hydrolysis) is 1. The van der Waals surface area contributed by atoms with E-state index < -0.39 is 18.2 Å². The molecule has 0 spiro atoms. The Bertz CT molecular complexity index is 2420. The van der Waals surface area contributed by atoms with E-state index in [0.29, 0.717) is 0 Å². The number of thiophene rings is 2. The Morgan fingerprint density at radius 1 is 0.650 bits per heavy atom. The van der Waals surface area contributed by atoms with Crippen molar-refractivity contribution in [1.82, 2.24) is 45.4 Å². The molecule has 5 aromatic heterocycles. The standard InChI is InChI=1S/C15H9N5S3.C14H18N2O3.C14H18N2O2/c1-10(8-3-16-6-19-8)21-12-2-13(22-11(1)12)14-5-18-15(23-14)9-4-17-7-20-9;1-19-14(18)15-12(11-7-3-2-4-8-11)13(17)16-9-5-6-10-16;1-11(17)15-13(12-7-3-2-4-8-12)14(18)16-9-5-6-10-16/h1-7H,(H,16,19)(H,17,20);2-4,7-8,12H,5-6,9-10H2,1H3,(H,15,18);2-4,7-8,13H,5-6,9-10H2,1H3,(H,15,17). The predicted octanol–water partition coefficient (Wildman–Crippen LogP) is 8.06. The fourth-order valence-corrected chi connectivity index (χ4v) is 10.2. The van der Waals surface area contributed by atoms with Crippen LogP contribution < -0.4 is 10.6 Å². The lowest BCUT2D eigenvalue weighted by molar-refractivity contribution is -0.135. The minimum Gasteiger partial charge on any atom is -0.453 e. The summed E-state index contributed by atoms with van der Waals surface area (Å²) in [5.74, 6) is -0.264. The van der Waals surface area contributed by atoms with Crippen LogP contribution in [0.3, 0.4) is 0 Å². The third-order valence-electron chi connectivity index (χ3n) is 9.84. The second kappa shape index (κ2) is 20.2. The van der Waals surface area contributed by atoms with Crippen LogP contribution in [0.2, 0.25) is 0 Å². The highest BCUT2D eigenvalue weighted by Crippen LogP contribution is 2.43. The highest BCUT2D eigenvalue weighted by atomic mass is 32.1. The number of carbonyl (C=O) groups is 4. The maximum Gasteiger partial charge on any atom is 0.407 e. The highest BCUT2D eigenvalue weighted by Gasteiger charge is 2.30. The smallest absolute Gasteiger partial charge is 0.407 e. The highest BCUT2D eigenvalue weighted by molar-refractivity contribution is 7.32. The minimum atomic E-state index is -0.674. The lowest BCUT2D eigenvalue weighted by atomic mass is 10.1. The van der Waals surface area contributed by atoms with Crippen molar-refractivity contribution in [2.24, 2.45) is 0 Å². The summed E-state index contributed by atoms with van der Waals surface area (Å²) in [7, 11) is 1.29. The zero-order valence-corrected chi connectivity index (χ0v) is 35.6. The van der Waals surface area contributed by atoms with Gasteiger partial charge in [-0.1, -0.05) is 60.7 Å². The molecule has 14 nitrogen and oxygen atoms in total. The fraction of sp³-hybridized carbons (Fsp3) is 0.279. The van der Waals surface area contributed by atoms with Crippen molar-refractivity contribution in [3.05, 3.63) is 115 Å². The first-order valence-electron chi connectivity index (χ1n) is 19.5. The van der Waals surface area contributed by atoms with Crippen LogP contribution in [-0.2, 0) is 19.1 Å². The molecule has 2 unspecified atom stereocenters. The van der Waals surface area contributed by atoms with Gasteiger partial charge in [0.2, 0.25) is 17.7 Å². The molecule has 60 heavy (non-hydrogen) atoms. The fourth-order valence-electron chi connectivity index (χ4n) is 6.85. The first kappa shape index (κ1) is 42.0. The van der Waals surface area contributed by atoms with Crippen LogP contribution in [0, 0.1) is 0 Å². The number of likely N-dealkylation sites (tertiary alicyclic amines) is 2. The number of benzene rings is 2. The zero-order valence-electron chi connectivity index (χ0n) is 33.1. The number of hydrogen-bond donors (Lipinski definition) is 4. The summed E-state index contributed by atoms with van der Waals surface area (Å²) in [6, 6.07) is 21.8. The van der Waals surface area contributed by atoms with Crippen LogP contribution in [0.5, 0.6) is 0 Å². The number of H-pyrrole nitrogens is 2. The van der Waals surface area contributed by atoms with Gasteiger partial charge in [-0.2, -0.15) is 0 Å². The monoisotopic (exact) mass is 863 g/mol. The van der Waals surface area contributed by atoms with Gasteiger partial charge < -0.3 is 35.1 Å². The van der Waals surface area contributed by atoms with Crippen molar-refractivity contribution in [3.8, 4) is 31.0 Å². The second-order valence-corrected chi connectivity index (χ2v) is 17.2. The Balaban J connectivity index is 0.000000138. The maximum absolute atomic E-state index is 12.5. The number of nitrogens with one attached hydrogen (secondary N) is 4. The Kier molecular flexibility index (Phi) is 14.1. The summed E-state index contributed by atoms with van der Waals surface area (Å²) in [6.45, 7) is 4.53. The van der Waals surface area contributed by atoms with Crippen LogP contribution >= 0.6 is 34.0 Å². The summed E-state index contributed by atoms with van der Waals surface area (Å²) in [5.41, 5.74) is 3.63. The summed E-state index contributed by atoms with van der Waals surface area (Å²) in [5, 5.41) is 6.32. The summed E-state index contributed by atoms with van der Waals surface area (Å²) in [6.07, 6.45) is 12.5. The van der Waals surface area contributed by atoms with Crippen molar-refractivity contribution in [1.29, 1.82) is 0 Å². The first-order chi connectivity index (χ1) is 29.3. The van der Waals surface area contributed by atoms with Gasteiger partial charge in [0, 0.05) is 53.6 Å². The molecule has 0 radical (unpaired) electrons. The van der Waals surface area contributed by atoms with Crippen LogP contribution in [-0.4, -0.2) is 91.8 Å². The molecule has 7 aromatic rings. The lowest BCUT2D eigenvalue weighted by Crippen LogP contribution is -2.41. The van der Waals surface area contributed by atoms with Gasteiger partial charge in [0.05, 0.1) is 53.3 Å². The first-order valence-corrected chi connectivity index (χ1v) is 22.0. The van der Waals surface area contributed by atoms with Gasteiger partial charge in [-0.05, 0) is 48.9 Å². The van der Waals surface area contributed by atoms with Crippen LogP contribution in [0.1, 0.15) is 55.8 Å². The maximum atomic E-state index is 12.5. The topological polar surface area (TPSA) is 178 Å². The Morgan fingerprint density at radius 3 is 1.65 bits per heavy atom. The molecule has 2 saturated heterocycles. The van der Waals surface area contributed by atoms with Crippen LogP contribution in [0.25, 0.3) is 40.4 Å². The number of fused-ring (bicyclic) bond motifs is 1. The number of thiazole rings is 1. The number of nitrogens with zero attached hydrogens (tertiary/aromatic N) is 5. The Labute approximate surface area is 359 Å². The molecule has 4 N–H and O–H groups in total. The van der Waals surface area contributed by atoms with Crippen LogP contribution in [0.4, 0.5) is 4.79 Å². The van der Waals surface area contributed by atoms with Gasteiger partial charge in [-0.15, -0.1) is 34.0 Å². The van der Waals surface area contributed by atoms with E-state index in [1.165, 1.54) is 38.1 Å². The minimum absolute atomic E-state index is 0.00565. The third kappa shape index (κ3) is 10.5. The molecule has 2 aliphatic rings. The van der Waals surface area contributed by atoms with E-state index >= 15 is 0 Å².